The van der Waals surface area contributed by atoms with E-state index in [4.69, 9.17) is 16.3 Å². The van der Waals surface area contributed by atoms with E-state index in [0.29, 0.717) is 22.5 Å². The summed E-state index contributed by atoms with van der Waals surface area (Å²) >= 11 is 6.34. The zero-order chi connectivity index (χ0) is 14.8. The number of rotatable bonds is 3. The van der Waals surface area contributed by atoms with Crippen LogP contribution in [0.25, 0.3) is 16.6 Å². The van der Waals surface area contributed by atoms with Crippen LogP contribution in [0, 0.1) is 0 Å². The Morgan fingerprint density at radius 1 is 1.43 bits per heavy atom. The number of esters is 1. The molecule has 5 nitrogen and oxygen atoms in total. The van der Waals surface area contributed by atoms with E-state index in [1.165, 1.54) is 6.20 Å². The molecule has 1 aromatic carbocycles. The van der Waals surface area contributed by atoms with Gasteiger partial charge in [-0.2, -0.15) is 5.10 Å². The number of benzene rings is 1. The van der Waals surface area contributed by atoms with Gasteiger partial charge in [0.05, 0.1) is 28.4 Å². The Morgan fingerprint density at radius 3 is 3.00 bits per heavy atom. The van der Waals surface area contributed by atoms with Gasteiger partial charge in [-0.3, -0.25) is 4.98 Å². The molecule has 0 aliphatic heterocycles. The number of halogens is 1. The highest BCUT2D eigenvalue weighted by Crippen LogP contribution is 2.28. The molecule has 0 bridgehead atoms. The third-order valence-electron chi connectivity index (χ3n) is 3.05. The molecular formula is C15H12ClN3O2. The molecule has 0 aliphatic rings. The van der Waals surface area contributed by atoms with Gasteiger partial charge in [0.25, 0.3) is 0 Å². The van der Waals surface area contributed by atoms with Gasteiger partial charge in [-0.15, -0.1) is 0 Å². The molecule has 0 atom stereocenters. The lowest BCUT2D eigenvalue weighted by atomic mass is 10.1. The lowest BCUT2D eigenvalue weighted by Crippen LogP contribution is -2.06. The number of carbonyl (C=O) groups excluding carboxylic acids is 1. The maximum absolute atomic E-state index is 11.9. The number of hydrogen-bond acceptors (Lipinski definition) is 4. The van der Waals surface area contributed by atoms with Crippen LogP contribution in [0.1, 0.15) is 17.3 Å². The number of fused-ring (bicyclic) bond motifs is 1. The third-order valence-corrected chi connectivity index (χ3v) is 3.46. The summed E-state index contributed by atoms with van der Waals surface area (Å²) in [5.74, 6) is -0.471. The molecule has 0 spiro atoms. The molecule has 0 saturated carbocycles. The molecule has 106 valence electrons. The van der Waals surface area contributed by atoms with Gasteiger partial charge < -0.3 is 4.74 Å². The van der Waals surface area contributed by atoms with Crippen LogP contribution in [0.4, 0.5) is 0 Å². The Labute approximate surface area is 126 Å². The first-order valence-corrected chi connectivity index (χ1v) is 6.84. The van der Waals surface area contributed by atoms with Crippen LogP contribution in [0.5, 0.6) is 0 Å². The Bertz CT molecular complexity index is 800. The Kier molecular flexibility index (Phi) is 3.58. The van der Waals surface area contributed by atoms with Gasteiger partial charge in [0, 0.05) is 24.0 Å². The fraction of sp³-hybridized carbons (Fsp3) is 0.133. The van der Waals surface area contributed by atoms with E-state index in [0.717, 1.165) is 5.69 Å². The smallest absolute Gasteiger partial charge is 0.341 e. The van der Waals surface area contributed by atoms with Gasteiger partial charge in [-0.05, 0) is 31.2 Å². The fourth-order valence-electron chi connectivity index (χ4n) is 2.06. The van der Waals surface area contributed by atoms with Crippen molar-refractivity contribution in [2.75, 3.05) is 6.61 Å². The van der Waals surface area contributed by atoms with Crippen molar-refractivity contribution in [1.82, 2.24) is 14.8 Å². The second-order valence-corrected chi connectivity index (χ2v) is 4.74. The second-order valence-electron chi connectivity index (χ2n) is 4.36. The third kappa shape index (κ3) is 2.48. The molecule has 3 aromatic rings. The molecule has 2 aromatic heterocycles. The van der Waals surface area contributed by atoms with E-state index in [9.17, 15) is 4.79 Å². The average molecular weight is 302 g/mol. The number of nitrogens with zero attached hydrogens (tertiary/aromatic N) is 3. The predicted octanol–water partition coefficient (Wildman–Crippen LogP) is 3.25. The quantitative estimate of drug-likeness (QED) is 0.697. The van der Waals surface area contributed by atoms with Crippen LogP contribution < -0.4 is 0 Å². The summed E-state index contributed by atoms with van der Waals surface area (Å²) in [5.41, 5.74) is 1.82. The van der Waals surface area contributed by atoms with Crippen LogP contribution in [-0.2, 0) is 4.74 Å². The largest absolute Gasteiger partial charge is 0.462 e. The maximum Gasteiger partial charge on any atom is 0.341 e. The van der Waals surface area contributed by atoms with Crippen molar-refractivity contribution in [3.8, 4) is 5.69 Å². The monoisotopic (exact) mass is 301 g/mol. The van der Waals surface area contributed by atoms with E-state index < -0.39 is 5.97 Å². The maximum atomic E-state index is 11.9. The number of carbonyl (C=O) groups is 1. The van der Waals surface area contributed by atoms with Gasteiger partial charge in [0.15, 0.2) is 0 Å². The fourth-order valence-corrected chi connectivity index (χ4v) is 2.34. The van der Waals surface area contributed by atoms with Crippen molar-refractivity contribution < 1.29 is 9.53 Å². The first-order valence-electron chi connectivity index (χ1n) is 6.46. The highest BCUT2D eigenvalue weighted by molar-refractivity contribution is 6.38. The van der Waals surface area contributed by atoms with Gasteiger partial charge >= 0.3 is 5.97 Å². The molecule has 0 aliphatic carbocycles. The Balaban J connectivity index is 2.15. The van der Waals surface area contributed by atoms with Crippen molar-refractivity contribution in [2.24, 2.45) is 0 Å². The lowest BCUT2D eigenvalue weighted by Gasteiger charge is -2.08. The highest BCUT2D eigenvalue weighted by Gasteiger charge is 2.15. The topological polar surface area (TPSA) is 57.0 Å². The molecule has 21 heavy (non-hydrogen) atoms. The lowest BCUT2D eigenvalue weighted by molar-refractivity contribution is 0.0526. The molecule has 0 fully saturated rings. The molecule has 0 unspecified atom stereocenters. The van der Waals surface area contributed by atoms with Crippen molar-refractivity contribution in [1.29, 1.82) is 0 Å². The number of aromatic nitrogens is 3. The molecule has 3 rings (SSSR count). The van der Waals surface area contributed by atoms with Gasteiger partial charge in [-0.1, -0.05) is 11.6 Å². The normalized spacial score (nSPS) is 10.8. The summed E-state index contributed by atoms with van der Waals surface area (Å²) in [7, 11) is 0. The highest BCUT2D eigenvalue weighted by atomic mass is 35.5. The summed E-state index contributed by atoms with van der Waals surface area (Å²) in [6, 6.07) is 7.41. The first-order chi connectivity index (χ1) is 10.2. The van der Waals surface area contributed by atoms with E-state index in [1.54, 1.807) is 17.8 Å². The SMILES string of the molecule is CCOC(=O)c1cnc2ccc(-n3cccn3)cc2c1Cl. The van der Waals surface area contributed by atoms with Gasteiger partial charge in [-0.25, -0.2) is 9.48 Å². The van der Waals surface area contributed by atoms with E-state index >= 15 is 0 Å². The molecule has 0 radical (unpaired) electrons. The number of pyridine rings is 1. The summed E-state index contributed by atoms with van der Waals surface area (Å²) in [6.45, 7) is 2.04. The van der Waals surface area contributed by atoms with Crippen LogP contribution in [0.15, 0.2) is 42.9 Å². The molecular weight excluding hydrogens is 290 g/mol. The van der Waals surface area contributed by atoms with Gasteiger partial charge in [0.1, 0.15) is 0 Å². The first kappa shape index (κ1) is 13.6. The molecule has 0 amide bonds. The van der Waals surface area contributed by atoms with Crippen molar-refractivity contribution >= 4 is 28.5 Å². The average Bonchev–Trinajstić information content (AvgIpc) is 3.02. The van der Waals surface area contributed by atoms with Crippen LogP contribution in [-0.4, -0.2) is 27.3 Å². The van der Waals surface area contributed by atoms with Crippen LogP contribution >= 0.6 is 11.6 Å². The minimum atomic E-state index is -0.471. The van der Waals surface area contributed by atoms with Crippen molar-refractivity contribution in [3.63, 3.8) is 0 Å². The van der Waals surface area contributed by atoms with E-state index in [-0.39, 0.29) is 5.56 Å². The zero-order valence-corrected chi connectivity index (χ0v) is 12.0. The van der Waals surface area contributed by atoms with E-state index in [1.807, 2.05) is 30.5 Å². The van der Waals surface area contributed by atoms with Crippen LogP contribution in [0.2, 0.25) is 5.02 Å². The summed E-state index contributed by atoms with van der Waals surface area (Å²) in [4.78, 5) is 16.1. The van der Waals surface area contributed by atoms with Gasteiger partial charge in [0.2, 0.25) is 0 Å². The minimum absolute atomic E-state index is 0.267. The number of hydrogen-bond donors (Lipinski definition) is 0. The summed E-state index contributed by atoms with van der Waals surface area (Å²) < 4.78 is 6.69. The predicted molar refractivity (Wildman–Crippen MR) is 79.8 cm³/mol. The molecule has 6 heteroatoms. The molecule has 2 heterocycles. The van der Waals surface area contributed by atoms with Crippen molar-refractivity contribution in [3.05, 3.63) is 53.4 Å². The van der Waals surface area contributed by atoms with Crippen LogP contribution in [0.3, 0.4) is 0 Å². The molecule has 0 saturated heterocycles. The Morgan fingerprint density at radius 2 is 2.29 bits per heavy atom. The van der Waals surface area contributed by atoms with E-state index in [2.05, 4.69) is 10.1 Å². The standard InChI is InChI=1S/C15H12ClN3O2/c1-2-21-15(20)12-9-17-13-5-4-10(8-11(13)14(12)16)19-7-3-6-18-19/h3-9H,2H2,1H3. The zero-order valence-electron chi connectivity index (χ0n) is 11.3. The minimum Gasteiger partial charge on any atom is -0.462 e. The summed E-state index contributed by atoms with van der Waals surface area (Å²) in [6.07, 6.45) is 4.97. The van der Waals surface area contributed by atoms with Crippen molar-refractivity contribution in [2.45, 2.75) is 6.92 Å². The Hall–Kier alpha value is -2.40. The number of ether oxygens (including phenoxy) is 1. The molecule has 0 N–H and O–H groups in total. The summed E-state index contributed by atoms with van der Waals surface area (Å²) in [5, 5.41) is 5.20. The second kappa shape index (κ2) is 5.54.